The highest BCUT2D eigenvalue weighted by Gasteiger charge is 2.51. The number of aliphatic hydroxyl groups excluding tert-OH is 4. The average molecular weight is 2060 g/mol. The van der Waals surface area contributed by atoms with Crippen LogP contribution in [0, 0.1) is 30.6 Å². The fourth-order valence-corrected chi connectivity index (χ4v) is 21.6. The molecule has 36 nitrogen and oxygen atoms in total. The predicted octanol–water partition coefficient (Wildman–Crippen LogP) is 10.5. The van der Waals surface area contributed by atoms with E-state index in [2.05, 4.69) is 69.0 Å². The van der Waals surface area contributed by atoms with E-state index in [-0.39, 0.29) is 160 Å². The van der Waals surface area contributed by atoms with Gasteiger partial charge in [0.2, 0.25) is 59.5 Å². The number of fused-ring (bicyclic) bond motifs is 3. The van der Waals surface area contributed by atoms with Gasteiger partial charge in [0.1, 0.15) is 48.0 Å². The first kappa shape index (κ1) is 108. The second kappa shape index (κ2) is 48.4. The molecule has 4 fully saturated rings. The van der Waals surface area contributed by atoms with Crippen molar-refractivity contribution in [1.29, 1.82) is 0 Å². The first-order valence-electron chi connectivity index (χ1n) is 51.1. The molecule has 4 aromatic heterocycles. The van der Waals surface area contributed by atoms with Gasteiger partial charge in [0.15, 0.2) is 0 Å². The number of amides is 11. The second-order valence-electron chi connectivity index (χ2n) is 40.5. The molecule has 1 unspecified atom stereocenters. The summed E-state index contributed by atoms with van der Waals surface area (Å²) in [7, 11) is 1.93. The number of carbonyl (C=O) groups excluding carboxylic acids is 11. The van der Waals surface area contributed by atoms with Crippen LogP contribution in [0.15, 0.2) is 235 Å². The van der Waals surface area contributed by atoms with Gasteiger partial charge in [-0.15, -0.1) is 11.3 Å². The number of likely N-dealkylation sites (tertiary alicyclic amines) is 4. The Balaban J connectivity index is 0.000000142. The number of imidazole rings is 1. The molecule has 0 spiro atoms. The Hall–Kier alpha value is -15.2. The van der Waals surface area contributed by atoms with Crippen LogP contribution in [-0.4, -0.2) is 259 Å². The van der Waals surface area contributed by atoms with Crippen molar-refractivity contribution >= 4 is 76.3 Å². The predicted molar refractivity (Wildman–Crippen MR) is 560 cm³/mol. The fourth-order valence-electron chi connectivity index (χ4n) is 20.8. The van der Waals surface area contributed by atoms with E-state index in [0.717, 1.165) is 95.1 Å². The molecule has 150 heavy (non-hydrogen) atoms. The monoisotopic (exact) mass is 2050 g/mol. The third-order valence-corrected chi connectivity index (χ3v) is 30.0. The van der Waals surface area contributed by atoms with E-state index < -0.39 is 72.8 Å². The number of aryl methyl sites for hydroxylation is 2. The smallest absolute Gasteiger partial charge is 0.255 e. The number of aromatic nitrogens is 8. The zero-order chi connectivity index (χ0) is 106. The summed E-state index contributed by atoms with van der Waals surface area (Å²) in [6.45, 7) is 22.1. The molecule has 8 aromatic carbocycles. The van der Waals surface area contributed by atoms with Crippen LogP contribution in [0.1, 0.15) is 182 Å². The maximum absolute atomic E-state index is 13.8. The highest BCUT2D eigenvalue weighted by molar-refractivity contribution is 7.13. The Bertz CT molecular complexity index is 6550. The highest BCUT2D eigenvalue weighted by atomic mass is 32.1. The number of thiazole rings is 1. The summed E-state index contributed by atoms with van der Waals surface area (Å²) in [6.07, 6.45) is 4.81. The normalized spacial score (nSPS) is 19.7. The summed E-state index contributed by atoms with van der Waals surface area (Å²) < 4.78 is 6.70. The summed E-state index contributed by atoms with van der Waals surface area (Å²) in [4.78, 5) is 172. The Labute approximate surface area is 874 Å². The topological polar surface area (TPSA) is 463 Å². The first-order chi connectivity index (χ1) is 72.2. The highest BCUT2D eigenvalue weighted by Crippen LogP contribution is 2.38. The molecule has 0 radical (unpaired) electrons. The molecule has 4 saturated heterocycles. The van der Waals surface area contributed by atoms with Gasteiger partial charge >= 0.3 is 0 Å². The molecule has 10 N–H and O–H groups in total. The van der Waals surface area contributed by atoms with Gasteiger partial charge in [0.25, 0.3) is 17.7 Å². The molecule has 19 rings (SSSR count). The van der Waals surface area contributed by atoms with E-state index >= 15 is 0 Å². The van der Waals surface area contributed by atoms with Crippen LogP contribution in [-0.2, 0) is 91.2 Å². The van der Waals surface area contributed by atoms with Crippen LogP contribution in [0.5, 0.6) is 0 Å². The molecule has 14 atom stereocenters. The average Bonchev–Trinajstić information content (AvgIpc) is 1.63. The van der Waals surface area contributed by atoms with Crippen molar-refractivity contribution in [2.45, 2.75) is 226 Å². The van der Waals surface area contributed by atoms with Gasteiger partial charge in [-0.1, -0.05) is 249 Å². The molecule has 12 aromatic rings. The molecule has 11 heterocycles. The van der Waals surface area contributed by atoms with Gasteiger partial charge in [-0.25, -0.2) is 9.97 Å². The summed E-state index contributed by atoms with van der Waals surface area (Å²) in [5, 5.41) is 71.1. The summed E-state index contributed by atoms with van der Waals surface area (Å²) in [6, 6.07) is 57.1. The standard InChI is InChI=1S/C30H38N4O3S.C29H33N5O4.C27H30N6O4.C27H29N5O5/c1-5-19(2)27(33-20(3)23-9-7-6-8-10-23)30(37)34-17-25(35)15-26(34)29(36)31-16-22-11-13-24(14-12-22)28-21(4)32-18-38-28;1-18(2)26(34-15-21-6-4-5-7-23(21)28(34)37)29(38)33-16-22(35)12-24(33)27(36)31-13-19-8-10-20(11-9-19)25-14-30-17-32(25)3;1-16(2)24(33-14-19-5-3-4-6-21(19)26(33)36)27(37)32-15-20(34)11-23(32)25(35)28-12-17-7-9-18(10-8-17)22-13-29-31-30-22;1-16(2)23(32-13-19-5-3-4-6-21(19)26(32)35)27(36)31-14-20(33)11-22(31)25(34)28-12-17-7-9-18(10-8-17)24-29-15-37-30-24/h6-14,18-20,25-27,33,35H,5,15-17H2,1-4H3,(H,31,36);4-11,14,17-18,22,24,26,35H,12-13,15-16H2,1-3H3,(H,31,36);3-10,13,16,20,23-24,34H,11-12,14-15H2,1-2H3,(H,28,35)(H,29,30,31);3-10,15-16,20,22-23,33H,11-14H2,1-2H3,(H,28,34)/t19-,20?,25+,26-,27-;22-,24+,26+;20-,23+,24+;20-,22+,23+/m0111/s1. The number of aromatic amines is 1. The Kier molecular flexibility index (Phi) is 34.7. The van der Waals surface area contributed by atoms with Gasteiger partial charge in [0, 0.05) is 139 Å². The molecule has 37 heteroatoms. The van der Waals surface area contributed by atoms with Crippen LogP contribution in [0.4, 0.5) is 0 Å². The zero-order valence-corrected chi connectivity index (χ0v) is 86.7. The van der Waals surface area contributed by atoms with E-state index in [1.165, 1.54) is 21.1 Å². The first-order valence-corrected chi connectivity index (χ1v) is 52.0. The van der Waals surface area contributed by atoms with Crippen LogP contribution in [0.25, 0.3) is 44.3 Å². The SMILES string of the molecule is CC(C)[C@@H](C(=O)N1C[C@H](O)C[C@H]1C(=O)NCc1ccc(-c2cn[nH]n2)cc1)N1Cc2ccccc2C1=O.CC(C)[C@@H](C(=O)N1C[C@H](O)C[C@H]1C(=O)NCc1ccc(-c2cncn2C)cc1)N1Cc2ccccc2C1=O.CC(C)[C@@H](C(=O)N1C[C@H](O)C[C@H]1C(=O)NCc1ccc(-c2ncon2)cc1)N1Cc2ccccc2C1=O.CC[C@H](C)[C@H](NC(C)c1ccccc1)C(=O)N1C[C@H](O)C[C@H]1C(=O)NCc1ccc(-c2scnc2C)cc1. The number of benzene rings is 8. The molecular formula is C113H130N20O16S. The second-order valence-corrected chi connectivity index (χ2v) is 41.4. The zero-order valence-electron chi connectivity index (χ0n) is 85.9. The van der Waals surface area contributed by atoms with E-state index in [4.69, 9.17) is 4.52 Å². The van der Waals surface area contributed by atoms with E-state index in [1.807, 2.05) is 261 Å². The van der Waals surface area contributed by atoms with Crippen LogP contribution in [0.2, 0.25) is 0 Å². The minimum absolute atomic E-state index is 0.0318. The lowest BCUT2D eigenvalue weighted by Gasteiger charge is -2.35. The molecule has 0 saturated carbocycles. The van der Waals surface area contributed by atoms with E-state index in [9.17, 15) is 73.2 Å². The largest absolute Gasteiger partial charge is 0.391 e. The number of hydrogen-bond donors (Lipinski definition) is 10. The Morgan fingerprint density at radius 2 is 0.813 bits per heavy atom. The molecule has 0 aliphatic carbocycles. The fraction of sp³-hybridized carbons (Fsp3) is 0.389. The summed E-state index contributed by atoms with van der Waals surface area (Å²) in [5.41, 5.74) is 17.6. The number of nitrogens with zero attached hydrogens (tertiary/aromatic N) is 14. The van der Waals surface area contributed by atoms with Crippen molar-refractivity contribution in [2.24, 2.45) is 30.7 Å². The number of β-amino-alcohol motifs (C(OH)–C–C–N with tert-alkyl or cyclic N) is 4. The quantitative estimate of drug-likeness (QED) is 0.0193. The number of rotatable bonds is 31. The number of carbonyl (C=O) groups is 11. The minimum Gasteiger partial charge on any atom is -0.391 e. The van der Waals surface area contributed by atoms with Crippen LogP contribution in [0.3, 0.4) is 0 Å². The van der Waals surface area contributed by atoms with Gasteiger partial charge in [0.05, 0.1) is 71.0 Å². The Morgan fingerprint density at radius 1 is 0.447 bits per heavy atom. The molecule has 784 valence electrons. The molecule has 7 aliphatic heterocycles. The lowest BCUT2D eigenvalue weighted by molar-refractivity contribution is -0.143. The van der Waals surface area contributed by atoms with Gasteiger partial charge in [-0.05, 0) is 111 Å². The van der Waals surface area contributed by atoms with Crippen LogP contribution >= 0.6 is 11.3 Å². The van der Waals surface area contributed by atoms with Crippen molar-refractivity contribution in [1.82, 2.24) is 101 Å². The third-order valence-electron chi connectivity index (χ3n) is 29.0. The molecule has 11 amide bonds. The van der Waals surface area contributed by atoms with Crippen molar-refractivity contribution in [3.05, 3.63) is 298 Å². The van der Waals surface area contributed by atoms with Gasteiger partial charge < -0.3 is 85.1 Å². The van der Waals surface area contributed by atoms with Gasteiger partial charge in [-0.2, -0.15) is 20.4 Å². The maximum Gasteiger partial charge on any atom is 0.255 e. The lowest BCUT2D eigenvalue weighted by atomic mass is 9.95. The summed E-state index contributed by atoms with van der Waals surface area (Å²) >= 11 is 1.61. The number of H-pyrrole nitrogens is 1. The molecule has 0 bridgehead atoms. The van der Waals surface area contributed by atoms with Crippen molar-refractivity contribution in [3.8, 4) is 44.3 Å². The number of hydrogen-bond acceptors (Lipinski definition) is 24. The lowest BCUT2D eigenvalue weighted by Crippen LogP contribution is -2.55. The Morgan fingerprint density at radius 3 is 1.15 bits per heavy atom. The third kappa shape index (κ3) is 24.7. The van der Waals surface area contributed by atoms with Gasteiger partial charge in [-0.3, -0.25) is 58.1 Å². The number of nitrogens with one attached hydrogen (secondary N) is 6. The van der Waals surface area contributed by atoms with Crippen molar-refractivity contribution in [3.63, 3.8) is 0 Å². The maximum atomic E-state index is 13.8. The summed E-state index contributed by atoms with van der Waals surface area (Å²) in [5.74, 6) is -2.83. The number of aliphatic hydroxyl groups is 4. The van der Waals surface area contributed by atoms with E-state index in [0.29, 0.717) is 55.2 Å². The van der Waals surface area contributed by atoms with Crippen molar-refractivity contribution in [2.75, 3.05) is 26.2 Å². The minimum atomic E-state index is -0.817. The van der Waals surface area contributed by atoms with E-state index in [1.54, 1.807) is 67.9 Å². The molecule has 7 aliphatic rings. The van der Waals surface area contributed by atoms with Crippen molar-refractivity contribution < 1.29 is 77.7 Å². The molecular weight excluding hydrogens is 1930 g/mol. The van der Waals surface area contributed by atoms with Crippen LogP contribution < -0.4 is 26.6 Å².